The predicted molar refractivity (Wildman–Crippen MR) is 50.5 cm³/mol. The van der Waals surface area contributed by atoms with Gasteiger partial charge in [-0.15, -0.1) is 0 Å². The molecule has 0 unspecified atom stereocenters. The van der Waals surface area contributed by atoms with Gasteiger partial charge in [0.2, 0.25) is 0 Å². The standard InChI is InChI=1S/C7H10N3O4S/c1-4(3-15(2,12)13)6-9-7(5(8)11)14-10-6/h3H2,1-2H3,(H2,8,11). The van der Waals surface area contributed by atoms with Crippen LogP contribution >= 0.6 is 0 Å². The second-order valence-corrected chi connectivity index (χ2v) is 5.28. The van der Waals surface area contributed by atoms with Crippen LogP contribution in [0.2, 0.25) is 0 Å². The Bertz CT molecular complexity index is 464. The van der Waals surface area contributed by atoms with Crippen LogP contribution in [0.15, 0.2) is 4.52 Å². The topological polar surface area (TPSA) is 116 Å². The average Bonchev–Trinajstić information content (AvgIpc) is 2.47. The number of carbonyl (C=O) groups excluding carboxylic acids is 1. The zero-order valence-corrected chi connectivity index (χ0v) is 9.04. The lowest BCUT2D eigenvalue weighted by Crippen LogP contribution is -2.14. The summed E-state index contributed by atoms with van der Waals surface area (Å²) < 4.78 is 26.4. The van der Waals surface area contributed by atoms with Crippen LogP contribution in [-0.4, -0.2) is 36.5 Å². The molecule has 8 heteroatoms. The van der Waals surface area contributed by atoms with E-state index in [1.165, 1.54) is 6.92 Å². The van der Waals surface area contributed by atoms with Gasteiger partial charge in [-0.05, 0) is 0 Å². The van der Waals surface area contributed by atoms with Gasteiger partial charge in [0.1, 0.15) is 9.84 Å². The first-order chi connectivity index (χ1) is 6.79. The van der Waals surface area contributed by atoms with Gasteiger partial charge < -0.3 is 10.3 Å². The number of hydrogen-bond donors (Lipinski definition) is 1. The first-order valence-corrected chi connectivity index (χ1v) is 5.99. The van der Waals surface area contributed by atoms with Gasteiger partial charge in [0.15, 0.2) is 5.82 Å². The maximum absolute atomic E-state index is 11.0. The first-order valence-electron chi connectivity index (χ1n) is 3.93. The lowest BCUT2D eigenvalue weighted by molar-refractivity contribution is 0.0958. The second kappa shape index (κ2) is 3.97. The van der Waals surface area contributed by atoms with E-state index in [0.29, 0.717) is 5.92 Å². The smallest absolute Gasteiger partial charge is 0.315 e. The molecule has 0 saturated carbocycles. The minimum Gasteiger partial charge on any atom is -0.361 e. The molecule has 0 atom stereocenters. The van der Waals surface area contributed by atoms with Crippen LogP contribution in [-0.2, 0) is 9.84 Å². The number of amides is 1. The van der Waals surface area contributed by atoms with E-state index in [1.807, 2.05) is 0 Å². The molecule has 0 fully saturated rings. The van der Waals surface area contributed by atoms with Crippen molar-refractivity contribution in [3.05, 3.63) is 17.6 Å². The number of nitrogens with zero attached hydrogens (tertiary/aromatic N) is 2. The molecule has 1 rings (SSSR count). The summed E-state index contributed by atoms with van der Waals surface area (Å²) in [6.45, 7) is 1.54. The molecule has 1 amide bonds. The van der Waals surface area contributed by atoms with Crippen molar-refractivity contribution in [1.82, 2.24) is 10.1 Å². The van der Waals surface area contributed by atoms with E-state index in [2.05, 4.69) is 14.7 Å². The molecule has 0 aliphatic rings. The number of sulfone groups is 1. The maximum Gasteiger partial charge on any atom is 0.315 e. The lowest BCUT2D eigenvalue weighted by atomic mass is 10.2. The van der Waals surface area contributed by atoms with Crippen molar-refractivity contribution in [1.29, 1.82) is 0 Å². The number of rotatable bonds is 4. The van der Waals surface area contributed by atoms with Gasteiger partial charge in [-0.1, -0.05) is 12.1 Å². The molecule has 0 bridgehead atoms. The van der Waals surface area contributed by atoms with E-state index >= 15 is 0 Å². The quantitative estimate of drug-likeness (QED) is 0.723. The Labute approximate surface area is 86.6 Å². The molecule has 0 aliphatic heterocycles. The lowest BCUT2D eigenvalue weighted by Gasteiger charge is -2.02. The van der Waals surface area contributed by atoms with Gasteiger partial charge in [0.25, 0.3) is 0 Å². The van der Waals surface area contributed by atoms with E-state index in [-0.39, 0.29) is 17.5 Å². The Morgan fingerprint density at radius 2 is 2.13 bits per heavy atom. The highest BCUT2D eigenvalue weighted by Gasteiger charge is 2.20. The fourth-order valence-electron chi connectivity index (χ4n) is 0.955. The highest BCUT2D eigenvalue weighted by molar-refractivity contribution is 7.90. The minimum absolute atomic E-state index is 0.0780. The van der Waals surface area contributed by atoms with Crippen molar-refractivity contribution in [2.75, 3.05) is 12.0 Å². The van der Waals surface area contributed by atoms with Crippen molar-refractivity contribution >= 4 is 15.7 Å². The van der Waals surface area contributed by atoms with Crippen LogP contribution < -0.4 is 5.73 Å². The van der Waals surface area contributed by atoms with Crippen LogP contribution in [0.3, 0.4) is 0 Å². The summed E-state index contributed by atoms with van der Waals surface area (Å²) in [6.07, 6.45) is 1.09. The molecular formula is C7H10N3O4S. The molecule has 1 aromatic heterocycles. The molecule has 1 heterocycles. The fourth-order valence-corrected chi connectivity index (χ4v) is 1.87. The van der Waals surface area contributed by atoms with Crippen molar-refractivity contribution in [3.8, 4) is 0 Å². The number of primary amides is 1. The molecule has 7 nitrogen and oxygen atoms in total. The van der Waals surface area contributed by atoms with Crippen LogP contribution in [0, 0.1) is 5.92 Å². The Morgan fingerprint density at radius 1 is 1.53 bits per heavy atom. The average molecular weight is 232 g/mol. The van der Waals surface area contributed by atoms with E-state index < -0.39 is 15.7 Å². The third kappa shape index (κ3) is 3.31. The molecule has 1 aromatic rings. The summed E-state index contributed by atoms with van der Waals surface area (Å²) in [5.41, 5.74) is 4.89. The molecule has 0 aliphatic carbocycles. The Balaban J connectivity index is 2.83. The Morgan fingerprint density at radius 3 is 2.53 bits per heavy atom. The van der Waals surface area contributed by atoms with E-state index in [0.717, 1.165) is 6.26 Å². The summed E-state index contributed by atoms with van der Waals surface area (Å²) in [5, 5.41) is 3.43. The van der Waals surface area contributed by atoms with Crippen LogP contribution in [0.25, 0.3) is 0 Å². The summed E-state index contributed by atoms with van der Waals surface area (Å²) in [5.74, 6) is -0.896. The minimum atomic E-state index is -3.16. The fraction of sp³-hybridized carbons (Fsp3) is 0.429. The third-order valence-electron chi connectivity index (χ3n) is 1.50. The SMILES string of the molecule is C[C](CS(C)(=O)=O)c1noc(C(N)=O)n1. The van der Waals surface area contributed by atoms with Gasteiger partial charge in [-0.3, -0.25) is 4.79 Å². The van der Waals surface area contributed by atoms with Crippen LogP contribution in [0.1, 0.15) is 23.4 Å². The van der Waals surface area contributed by atoms with Gasteiger partial charge in [-0.2, -0.15) is 4.98 Å². The van der Waals surface area contributed by atoms with E-state index in [4.69, 9.17) is 5.73 Å². The van der Waals surface area contributed by atoms with Crippen molar-refractivity contribution in [2.24, 2.45) is 5.73 Å². The van der Waals surface area contributed by atoms with Crippen LogP contribution in [0.4, 0.5) is 0 Å². The molecule has 0 spiro atoms. The van der Waals surface area contributed by atoms with Gasteiger partial charge >= 0.3 is 11.8 Å². The number of carbonyl (C=O) groups is 1. The molecule has 2 N–H and O–H groups in total. The van der Waals surface area contributed by atoms with Crippen molar-refractivity contribution in [3.63, 3.8) is 0 Å². The molecule has 1 radical (unpaired) electrons. The molecular weight excluding hydrogens is 222 g/mol. The highest BCUT2D eigenvalue weighted by atomic mass is 32.2. The molecule has 83 valence electrons. The van der Waals surface area contributed by atoms with Crippen LogP contribution in [0.5, 0.6) is 0 Å². The third-order valence-corrected chi connectivity index (χ3v) is 2.45. The Kier molecular flexibility index (Phi) is 3.08. The monoisotopic (exact) mass is 232 g/mol. The summed E-state index contributed by atoms with van der Waals surface area (Å²) >= 11 is 0. The van der Waals surface area contributed by atoms with Gasteiger partial charge in [0.05, 0.1) is 11.7 Å². The molecule has 15 heavy (non-hydrogen) atoms. The summed E-state index contributed by atoms with van der Waals surface area (Å²) in [7, 11) is -3.16. The summed E-state index contributed by atoms with van der Waals surface area (Å²) in [4.78, 5) is 14.3. The molecule has 0 aromatic carbocycles. The number of hydrogen-bond acceptors (Lipinski definition) is 6. The Hall–Kier alpha value is -1.44. The largest absolute Gasteiger partial charge is 0.361 e. The van der Waals surface area contributed by atoms with Gasteiger partial charge in [0, 0.05) is 6.26 Å². The highest BCUT2D eigenvalue weighted by Crippen LogP contribution is 2.12. The first kappa shape index (κ1) is 11.6. The van der Waals surface area contributed by atoms with Crippen molar-refractivity contribution in [2.45, 2.75) is 6.92 Å². The van der Waals surface area contributed by atoms with E-state index in [1.54, 1.807) is 0 Å². The van der Waals surface area contributed by atoms with E-state index in [9.17, 15) is 13.2 Å². The normalized spacial score (nSPS) is 11.9. The van der Waals surface area contributed by atoms with Gasteiger partial charge in [-0.25, -0.2) is 8.42 Å². The zero-order chi connectivity index (χ0) is 11.6. The van der Waals surface area contributed by atoms with Crippen molar-refractivity contribution < 1.29 is 17.7 Å². The second-order valence-electron chi connectivity index (χ2n) is 3.14. The predicted octanol–water partition coefficient (Wildman–Crippen LogP) is -0.844. The summed E-state index contributed by atoms with van der Waals surface area (Å²) in [6, 6.07) is 0. The number of aromatic nitrogens is 2. The molecule has 0 saturated heterocycles. The maximum atomic E-state index is 11.0. The number of nitrogens with two attached hydrogens (primary N) is 1. The zero-order valence-electron chi connectivity index (χ0n) is 8.22.